The number of hydrogen-bond acceptors (Lipinski definition) is 1. The van der Waals surface area contributed by atoms with Gasteiger partial charge in [-0.1, -0.05) is 18.5 Å². The Labute approximate surface area is 98.8 Å². The molecule has 0 aromatic heterocycles. The van der Waals surface area contributed by atoms with Crippen molar-refractivity contribution in [3.05, 3.63) is 28.5 Å². The molecule has 1 aromatic carbocycles. The zero-order valence-electron chi connectivity index (χ0n) is 9.18. The molecule has 1 aliphatic carbocycles. The summed E-state index contributed by atoms with van der Waals surface area (Å²) in [4.78, 5) is 10.9. The summed E-state index contributed by atoms with van der Waals surface area (Å²) in [5.41, 5.74) is 1.14. The molecule has 0 spiro atoms. The summed E-state index contributed by atoms with van der Waals surface area (Å²) in [6.45, 7) is 3.48. The average molecular weight is 242 g/mol. The standard InChI is InChI=1S/C12H13ClFNO/c1-6-3-8(6)9-4-12(15-7(2)16)11(14)5-10(9)13/h4-6,8H,3H2,1-2H3,(H,15,16)/t6-,8-/m1/s1. The van der Waals surface area contributed by atoms with Gasteiger partial charge in [0.2, 0.25) is 5.91 Å². The van der Waals surface area contributed by atoms with E-state index >= 15 is 0 Å². The third kappa shape index (κ3) is 2.19. The maximum absolute atomic E-state index is 13.5. The highest BCUT2D eigenvalue weighted by Gasteiger charge is 2.35. The molecule has 2 rings (SSSR count). The monoisotopic (exact) mass is 241 g/mol. The summed E-state index contributed by atoms with van der Waals surface area (Å²) >= 11 is 5.99. The maximum atomic E-state index is 13.5. The van der Waals surface area contributed by atoms with Crippen LogP contribution in [0.5, 0.6) is 0 Å². The molecule has 1 N–H and O–H groups in total. The predicted molar refractivity (Wildman–Crippen MR) is 62.2 cm³/mol. The van der Waals surface area contributed by atoms with Crippen molar-refractivity contribution in [2.24, 2.45) is 5.92 Å². The highest BCUT2D eigenvalue weighted by molar-refractivity contribution is 6.31. The van der Waals surface area contributed by atoms with Crippen molar-refractivity contribution < 1.29 is 9.18 Å². The first-order valence-corrected chi connectivity index (χ1v) is 5.63. The third-order valence-electron chi connectivity index (χ3n) is 2.91. The van der Waals surface area contributed by atoms with Crippen molar-refractivity contribution in [3.63, 3.8) is 0 Å². The van der Waals surface area contributed by atoms with Crippen LogP contribution in [0.4, 0.5) is 10.1 Å². The smallest absolute Gasteiger partial charge is 0.221 e. The van der Waals surface area contributed by atoms with Gasteiger partial charge in [-0.15, -0.1) is 0 Å². The first kappa shape index (κ1) is 11.4. The SMILES string of the molecule is CC(=O)Nc1cc([C@@H]2C[C@H]2C)c(Cl)cc1F. The first-order chi connectivity index (χ1) is 7.49. The molecule has 1 amide bonds. The summed E-state index contributed by atoms with van der Waals surface area (Å²) in [5, 5.41) is 2.91. The Morgan fingerprint density at radius 3 is 2.69 bits per heavy atom. The van der Waals surface area contributed by atoms with E-state index in [0.717, 1.165) is 12.0 Å². The number of amides is 1. The fraction of sp³-hybridized carbons (Fsp3) is 0.417. The van der Waals surface area contributed by atoms with Gasteiger partial charge in [0.15, 0.2) is 0 Å². The van der Waals surface area contributed by atoms with Crippen LogP contribution in [0.1, 0.15) is 31.7 Å². The predicted octanol–water partition coefficient (Wildman–Crippen LogP) is 3.56. The van der Waals surface area contributed by atoms with Gasteiger partial charge in [-0.2, -0.15) is 0 Å². The summed E-state index contributed by atoms with van der Waals surface area (Å²) in [6, 6.07) is 2.92. The van der Waals surface area contributed by atoms with Gasteiger partial charge in [-0.05, 0) is 36.0 Å². The molecule has 4 heteroatoms. The molecule has 86 valence electrons. The Hall–Kier alpha value is -1.09. The maximum Gasteiger partial charge on any atom is 0.221 e. The van der Waals surface area contributed by atoms with Gasteiger partial charge in [-0.25, -0.2) is 4.39 Å². The number of halogens is 2. The van der Waals surface area contributed by atoms with Gasteiger partial charge in [0, 0.05) is 11.9 Å². The quantitative estimate of drug-likeness (QED) is 0.843. The molecule has 1 aliphatic rings. The molecule has 1 aromatic rings. The van der Waals surface area contributed by atoms with Gasteiger partial charge >= 0.3 is 0 Å². The molecule has 0 radical (unpaired) electrons. The van der Waals surface area contributed by atoms with E-state index in [2.05, 4.69) is 12.2 Å². The number of carbonyl (C=O) groups excluding carboxylic acids is 1. The van der Waals surface area contributed by atoms with Crippen LogP contribution in [-0.2, 0) is 4.79 Å². The second-order valence-corrected chi connectivity index (χ2v) is 4.76. The van der Waals surface area contributed by atoms with Crippen molar-refractivity contribution in [2.45, 2.75) is 26.2 Å². The first-order valence-electron chi connectivity index (χ1n) is 5.25. The topological polar surface area (TPSA) is 29.1 Å². The molecular formula is C12H13ClFNO. The van der Waals surface area contributed by atoms with E-state index in [1.54, 1.807) is 6.07 Å². The van der Waals surface area contributed by atoms with E-state index in [1.165, 1.54) is 13.0 Å². The fourth-order valence-electron chi connectivity index (χ4n) is 1.89. The van der Waals surface area contributed by atoms with Gasteiger partial charge < -0.3 is 5.32 Å². The Kier molecular flexibility index (Phi) is 2.89. The highest BCUT2D eigenvalue weighted by atomic mass is 35.5. The Morgan fingerprint density at radius 2 is 2.19 bits per heavy atom. The van der Waals surface area contributed by atoms with Crippen molar-refractivity contribution >= 4 is 23.2 Å². The summed E-state index contributed by atoms with van der Waals surface area (Å²) in [5.74, 6) is 0.224. The van der Waals surface area contributed by atoms with Crippen LogP contribution >= 0.6 is 11.6 Å². The van der Waals surface area contributed by atoms with E-state index < -0.39 is 5.82 Å². The zero-order chi connectivity index (χ0) is 11.9. The Bertz CT molecular complexity index is 447. The molecule has 0 aliphatic heterocycles. The molecule has 16 heavy (non-hydrogen) atoms. The van der Waals surface area contributed by atoms with Gasteiger partial charge in [0.05, 0.1) is 5.69 Å². The minimum Gasteiger partial charge on any atom is -0.324 e. The van der Waals surface area contributed by atoms with Gasteiger partial charge in [0.25, 0.3) is 0 Å². The lowest BCUT2D eigenvalue weighted by molar-refractivity contribution is -0.114. The summed E-state index contributed by atoms with van der Waals surface area (Å²) in [7, 11) is 0. The summed E-state index contributed by atoms with van der Waals surface area (Å²) in [6.07, 6.45) is 1.07. The minimum absolute atomic E-state index is 0.214. The molecule has 0 bridgehead atoms. The van der Waals surface area contributed by atoms with E-state index in [9.17, 15) is 9.18 Å². The highest BCUT2D eigenvalue weighted by Crippen LogP contribution is 2.49. The largest absolute Gasteiger partial charge is 0.324 e. The molecule has 2 nitrogen and oxygen atoms in total. The second-order valence-electron chi connectivity index (χ2n) is 4.35. The number of carbonyl (C=O) groups is 1. The van der Waals surface area contributed by atoms with Crippen molar-refractivity contribution in [1.29, 1.82) is 0 Å². The molecule has 2 atom stereocenters. The van der Waals surface area contributed by atoms with E-state index in [4.69, 9.17) is 11.6 Å². The number of anilines is 1. The summed E-state index contributed by atoms with van der Waals surface area (Å²) < 4.78 is 13.5. The van der Waals surface area contributed by atoms with Crippen molar-refractivity contribution in [3.8, 4) is 0 Å². The van der Waals surface area contributed by atoms with E-state index in [1.807, 2.05) is 0 Å². The van der Waals surface area contributed by atoms with Crippen LogP contribution in [0.3, 0.4) is 0 Å². The van der Waals surface area contributed by atoms with Crippen molar-refractivity contribution in [2.75, 3.05) is 5.32 Å². The van der Waals surface area contributed by atoms with E-state index in [0.29, 0.717) is 16.9 Å². The molecule has 0 heterocycles. The van der Waals surface area contributed by atoms with Crippen LogP contribution in [0.15, 0.2) is 12.1 Å². The zero-order valence-corrected chi connectivity index (χ0v) is 9.94. The lowest BCUT2D eigenvalue weighted by Crippen LogP contribution is -2.08. The van der Waals surface area contributed by atoms with Gasteiger partial charge in [-0.3, -0.25) is 4.79 Å². The normalized spacial score (nSPS) is 23.0. The average Bonchev–Trinajstić information content (AvgIpc) is 2.87. The lowest BCUT2D eigenvalue weighted by Gasteiger charge is -2.09. The second kappa shape index (κ2) is 4.06. The van der Waals surface area contributed by atoms with Crippen LogP contribution in [0.25, 0.3) is 0 Å². The van der Waals surface area contributed by atoms with Gasteiger partial charge in [0.1, 0.15) is 5.82 Å². The lowest BCUT2D eigenvalue weighted by atomic mass is 10.1. The minimum atomic E-state index is -0.489. The number of nitrogens with one attached hydrogen (secondary N) is 1. The number of rotatable bonds is 2. The van der Waals surface area contributed by atoms with E-state index in [-0.39, 0.29) is 11.6 Å². The van der Waals surface area contributed by atoms with Crippen LogP contribution < -0.4 is 5.32 Å². The molecule has 1 saturated carbocycles. The fourth-order valence-corrected chi connectivity index (χ4v) is 2.18. The molecule has 1 fully saturated rings. The third-order valence-corrected chi connectivity index (χ3v) is 3.23. The van der Waals surface area contributed by atoms with Crippen molar-refractivity contribution in [1.82, 2.24) is 0 Å². The molecule has 0 unspecified atom stereocenters. The number of hydrogen-bond donors (Lipinski definition) is 1. The van der Waals surface area contributed by atoms with Crippen LogP contribution in [0, 0.1) is 11.7 Å². The molecular weight excluding hydrogens is 229 g/mol. The molecule has 0 saturated heterocycles. The van der Waals surface area contributed by atoms with Crippen LogP contribution in [-0.4, -0.2) is 5.91 Å². The number of benzene rings is 1. The van der Waals surface area contributed by atoms with Crippen LogP contribution in [0.2, 0.25) is 5.02 Å². The Balaban J connectivity index is 2.35. The Morgan fingerprint density at radius 1 is 1.56 bits per heavy atom.